The quantitative estimate of drug-likeness (QED) is 0.745. The Morgan fingerprint density at radius 1 is 1.28 bits per heavy atom. The zero-order valence-corrected chi connectivity index (χ0v) is 13.9. The summed E-state index contributed by atoms with van der Waals surface area (Å²) in [5.41, 5.74) is 8.65. The molecule has 0 aliphatic rings. The van der Waals surface area contributed by atoms with Crippen LogP contribution in [0.25, 0.3) is 22.4 Å². The average molecular weight is 353 g/mol. The molecule has 0 aliphatic carbocycles. The number of anilines is 1. The van der Waals surface area contributed by atoms with Crippen LogP contribution in [0.15, 0.2) is 42.7 Å². The molecule has 2 heterocycles. The third-order valence-corrected chi connectivity index (χ3v) is 3.96. The van der Waals surface area contributed by atoms with Crippen LogP contribution in [0.1, 0.15) is 5.56 Å². The summed E-state index contributed by atoms with van der Waals surface area (Å²) >= 11 is 6.07. The number of aromatic nitrogens is 2. The summed E-state index contributed by atoms with van der Waals surface area (Å²) in [7, 11) is 1.42. The van der Waals surface area contributed by atoms with E-state index in [1.165, 1.54) is 7.11 Å². The zero-order chi connectivity index (χ0) is 18.0. The fourth-order valence-electron chi connectivity index (χ4n) is 2.46. The highest BCUT2D eigenvalue weighted by atomic mass is 35.5. The van der Waals surface area contributed by atoms with Crippen LogP contribution in [0.3, 0.4) is 0 Å². The van der Waals surface area contributed by atoms with Crippen molar-refractivity contribution in [3.05, 3.63) is 53.3 Å². The maximum Gasteiger partial charge on any atom is 0.176 e. The number of ether oxygens (including phenoxy) is 1. The Morgan fingerprint density at radius 2 is 2.08 bits per heavy atom. The van der Waals surface area contributed by atoms with E-state index in [0.717, 1.165) is 5.56 Å². The summed E-state index contributed by atoms with van der Waals surface area (Å²) < 4.78 is 5.13. The molecule has 2 aromatic heterocycles. The van der Waals surface area contributed by atoms with E-state index in [1.54, 1.807) is 36.7 Å². The Hall–Kier alpha value is -3.30. The van der Waals surface area contributed by atoms with Gasteiger partial charge in [-0.25, -0.2) is 4.98 Å². The molecule has 0 saturated carbocycles. The number of hydrogen-bond acceptors (Lipinski definition) is 6. The summed E-state index contributed by atoms with van der Waals surface area (Å²) in [5, 5.41) is 19.5. The van der Waals surface area contributed by atoms with Gasteiger partial charge in [-0.3, -0.25) is 4.98 Å². The van der Waals surface area contributed by atoms with Gasteiger partial charge >= 0.3 is 0 Å². The van der Waals surface area contributed by atoms with E-state index in [-0.39, 0.29) is 27.9 Å². The Labute approximate surface area is 149 Å². The van der Waals surface area contributed by atoms with Gasteiger partial charge < -0.3 is 15.6 Å². The lowest BCUT2D eigenvalue weighted by Gasteiger charge is -2.12. The lowest BCUT2D eigenvalue weighted by molar-refractivity contribution is 0.374. The number of pyridine rings is 2. The van der Waals surface area contributed by atoms with E-state index in [9.17, 15) is 10.4 Å². The van der Waals surface area contributed by atoms with Gasteiger partial charge in [-0.15, -0.1) is 0 Å². The second-order valence-corrected chi connectivity index (χ2v) is 5.58. The molecule has 25 heavy (non-hydrogen) atoms. The number of nitriles is 1. The minimum atomic E-state index is -0.166. The third kappa shape index (κ3) is 3.05. The fraction of sp³-hybridized carbons (Fsp3) is 0.0556. The molecule has 0 radical (unpaired) electrons. The molecule has 6 nitrogen and oxygen atoms in total. The molecular weight excluding hydrogens is 340 g/mol. The third-order valence-electron chi connectivity index (χ3n) is 3.68. The maximum atomic E-state index is 9.92. The lowest BCUT2D eigenvalue weighted by atomic mass is 9.98. The number of methoxy groups -OCH3 is 1. The lowest BCUT2D eigenvalue weighted by Crippen LogP contribution is -2.00. The number of phenols is 1. The maximum absolute atomic E-state index is 9.92. The smallest absolute Gasteiger partial charge is 0.176 e. The molecule has 7 heteroatoms. The predicted molar refractivity (Wildman–Crippen MR) is 95.3 cm³/mol. The Kier molecular flexibility index (Phi) is 4.42. The molecule has 3 rings (SSSR count). The van der Waals surface area contributed by atoms with Gasteiger partial charge in [0.2, 0.25) is 0 Å². The van der Waals surface area contributed by atoms with Crippen LogP contribution >= 0.6 is 11.6 Å². The van der Waals surface area contributed by atoms with E-state index in [4.69, 9.17) is 22.1 Å². The topological polar surface area (TPSA) is 105 Å². The zero-order valence-electron chi connectivity index (χ0n) is 13.2. The molecule has 0 unspecified atom stereocenters. The minimum absolute atomic E-state index is 0.0991. The molecule has 124 valence electrons. The monoisotopic (exact) mass is 352 g/mol. The van der Waals surface area contributed by atoms with Crippen LogP contribution in [0, 0.1) is 11.3 Å². The van der Waals surface area contributed by atoms with E-state index < -0.39 is 0 Å². The average Bonchev–Trinajstić information content (AvgIpc) is 2.64. The Bertz CT molecular complexity index is 985. The van der Waals surface area contributed by atoms with Gasteiger partial charge in [0.1, 0.15) is 17.5 Å². The number of rotatable bonds is 3. The highest BCUT2D eigenvalue weighted by Crippen LogP contribution is 2.40. The second-order valence-electron chi connectivity index (χ2n) is 5.18. The van der Waals surface area contributed by atoms with Crippen molar-refractivity contribution in [3.63, 3.8) is 0 Å². The van der Waals surface area contributed by atoms with Gasteiger partial charge in [0, 0.05) is 23.5 Å². The number of benzene rings is 1. The first-order valence-electron chi connectivity index (χ1n) is 7.23. The largest absolute Gasteiger partial charge is 0.503 e. The van der Waals surface area contributed by atoms with Crippen LogP contribution < -0.4 is 10.5 Å². The van der Waals surface area contributed by atoms with Gasteiger partial charge in [-0.1, -0.05) is 11.6 Å². The molecule has 0 amide bonds. The molecule has 0 saturated heterocycles. The van der Waals surface area contributed by atoms with Crippen molar-refractivity contribution in [2.75, 3.05) is 12.8 Å². The molecule has 0 bridgehead atoms. The first-order valence-corrected chi connectivity index (χ1v) is 7.60. The van der Waals surface area contributed by atoms with Crippen molar-refractivity contribution in [2.45, 2.75) is 0 Å². The van der Waals surface area contributed by atoms with Crippen molar-refractivity contribution in [3.8, 4) is 40.0 Å². The fourth-order valence-corrected chi connectivity index (χ4v) is 2.67. The summed E-state index contributed by atoms with van der Waals surface area (Å²) in [6, 6.07) is 10.5. The highest BCUT2D eigenvalue weighted by molar-refractivity contribution is 6.32. The Balaban J connectivity index is 2.27. The number of hydrogen-bond donors (Lipinski definition) is 2. The number of phenolic OH excluding ortho intramolecular Hbond substituents is 1. The van der Waals surface area contributed by atoms with Crippen LogP contribution in [0.5, 0.6) is 11.5 Å². The van der Waals surface area contributed by atoms with Crippen LogP contribution in [-0.4, -0.2) is 22.2 Å². The van der Waals surface area contributed by atoms with Crippen molar-refractivity contribution in [1.82, 2.24) is 9.97 Å². The number of nitrogens with zero attached hydrogens (tertiary/aromatic N) is 3. The van der Waals surface area contributed by atoms with Crippen molar-refractivity contribution >= 4 is 17.4 Å². The first kappa shape index (κ1) is 16.6. The van der Waals surface area contributed by atoms with E-state index in [1.807, 2.05) is 6.07 Å². The standard InChI is InChI=1S/C18H13ClN4O2/c1-25-16-6-11(5-14(19)17(16)24)12-7-15(10-3-2-4-22-9-10)23-18(21)13(12)8-20/h2-7,9,24H,1H3,(H2,21,23). The summed E-state index contributed by atoms with van der Waals surface area (Å²) in [6.45, 7) is 0. The molecule has 3 aromatic rings. The molecule has 1 aromatic carbocycles. The molecule has 0 fully saturated rings. The summed E-state index contributed by atoms with van der Waals surface area (Å²) in [5.74, 6) is 0.132. The SMILES string of the molecule is COc1cc(-c2cc(-c3cccnc3)nc(N)c2C#N)cc(Cl)c1O. The summed E-state index contributed by atoms with van der Waals surface area (Å²) in [6.07, 6.45) is 3.31. The predicted octanol–water partition coefficient (Wildman–Crippen LogP) is 3.63. The normalized spacial score (nSPS) is 10.3. The first-order chi connectivity index (χ1) is 12.0. The van der Waals surface area contributed by atoms with Gasteiger partial charge in [0.05, 0.1) is 17.8 Å². The number of nitrogens with two attached hydrogens (primary N) is 1. The van der Waals surface area contributed by atoms with Crippen molar-refractivity contribution < 1.29 is 9.84 Å². The second kappa shape index (κ2) is 6.67. The number of halogens is 1. The van der Waals surface area contributed by atoms with Crippen molar-refractivity contribution in [2.24, 2.45) is 0 Å². The number of nitrogen functional groups attached to an aromatic ring is 1. The van der Waals surface area contributed by atoms with Gasteiger partial charge in [0.25, 0.3) is 0 Å². The van der Waals surface area contributed by atoms with Crippen molar-refractivity contribution in [1.29, 1.82) is 5.26 Å². The molecule has 0 atom stereocenters. The van der Waals surface area contributed by atoms with E-state index >= 15 is 0 Å². The van der Waals surface area contributed by atoms with E-state index in [2.05, 4.69) is 16.0 Å². The summed E-state index contributed by atoms with van der Waals surface area (Å²) in [4.78, 5) is 8.35. The van der Waals surface area contributed by atoms with Crippen LogP contribution in [0.2, 0.25) is 5.02 Å². The highest BCUT2D eigenvalue weighted by Gasteiger charge is 2.17. The van der Waals surface area contributed by atoms with Gasteiger partial charge in [0.15, 0.2) is 11.5 Å². The number of aromatic hydroxyl groups is 1. The van der Waals surface area contributed by atoms with Crippen LogP contribution in [-0.2, 0) is 0 Å². The van der Waals surface area contributed by atoms with Crippen LogP contribution in [0.4, 0.5) is 5.82 Å². The van der Waals surface area contributed by atoms with Gasteiger partial charge in [-0.05, 0) is 35.9 Å². The molecule has 0 aliphatic heterocycles. The molecular formula is C18H13ClN4O2. The molecule has 0 spiro atoms. The Morgan fingerprint density at radius 3 is 2.72 bits per heavy atom. The van der Waals surface area contributed by atoms with Gasteiger partial charge in [-0.2, -0.15) is 5.26 Å². The minimum Gasteiger partial charge on any atom is -0.503 e. The molecule has 3 N–H and O–H groups in total. The van der Waals surface area contributed by atoms with E-state index in [0.29, 0.717) is 16.8 Å².